The number of hydrogen-bond acceptors (Lipinski definition) is 5. The number of imidazole rings is 1. The third kappa shape index (κ3) is 2.71. The zero-order chi connectivity index (χ0) is 13.8. The van der Waals surface area contributed by atoms with E-state index in [4.69, 9.17) is 0 Å². The second kappa shape index (κ2) is 5.48. The second-order valence-electron chi connectivity index (χ2n) is 4.47. The van der Waals surface area contributed by atoms with Crippen LogP contribution >= 0.6 is 0 Å². The number of nitriles is 1. The van der Waals surface area contributed by atoms with Gasteiger partial charge in [-0.05, 0) is 19.4 Å². The number of rotatable bonds is 4. The molecule has 2 rings (SSSR count). The molecule has 1 N–H and O–H groups in total. The molecule has 0 spiro atoms. The average Bonchev–Trinajstić information content (AvgIpc) is 2.92. The number of nitrogens with zero attached hydrogens (tertiary/aromatic N) is 5. The Labute approximate surface area is 112 Å². The fraction of sp³-hybridized carbons (Fsp3) is 0.385. The standard InChI is InChI=1S/C13H16N6/c1-9-10(2)17-18-13(12(9)6-14)19(3)5-4-11-7-15-8-16-11/h7-8H,4-5H2,1-3H3,(H,15,16). The van der Waals surface area contributed by atoms with Gasteiger partial charge in [-0.15, -0.1) is 5.10 Å². The smallest absolute Gasteiger partial charge is 0.169 e. The van der Waals surface area contributed by atoms with Gasteiger partial charge in [0, 0.05) is 31.9 Å². The minimum atomic E-state index is 0.597. The summed E-state index contributed by atoms with van der Waals surface area (Å²) in [6.45, 7) is 4.50. The van der Waals surface area contributed by atoms with Crippen LogP contribution in [-0.2, 0) is 6.42 Å². The number of anilines is 1. The molecule has 0 saturated carbocycles. The highest BCUT2D eigenvalue weighted by Gasteiger charge is 2.14. The van der Waals surface area contributed by atoms with E-state index < -0.39 is 0 Å². The molecule has 0 amide bonds. The molecule has 0 unspecified atom stereocenters. The van der Waals surface area contributed by atoms with Gasteiger partial charge in [-0.25, -0.2) is 4.98 Å². The van der Waals surface area contributed by atoms with Crippen molar-refractivity contribution in [2.45, 2.75) is 20.3 Å². The summed E-state index contributed by atoms with van der Waals surface area (Å²) >= 11 is 0. The van der Waals surface area contributed by atoms with E-state index in [1.165, 1.54) is 0 Å². The summed E-state index contributed by atoms with van der Waals surface area (Å²) in [4.78, 5) is 8.98. The molecule has 0 radical (unpaired) electrons. The highest BCUT2D eigenvalue weighted by Crippen LogP contribution is 2.20. The lowest BCUT2D eigenvalue weighted by molar-refractivity contribution is 0.816. The first kappa shape index (κ1) is 13.0. The fourth-order valence-electron chi connectivity index (χ4n) is 1.81. The van der Waals surface area contributed by atoms with E-state index in [0.29, 0.717) is 11.4 Å². The molecule has 0 aliphatic rings. The summed E-state index contributed by atoms with van der Waals surface area (Å²) in [5, 5.41) is 17.5. The van der Waals surface area contributed by atoms with Crippen LogP contribution in [0.1, 0.15) is 22.5 Å². The Kier molecular flexibility index (Phi) is 3.76. The van der Waals surface area contributed by atoms with Crippen LogP contribution in [0.4, 0.5) is 5.82 Å². The van der Waals surface area contributed by atoms with Crippen LogP contribution in [-0.4, -0.2) is 33.8 Å². The molecule has 0 saturated heterocycles. The molecule has 19 heavy (non-hydrogen) atoms. The van der Waals surface area contributed by atoms with Crippen molar-refractivity contribution in [1.82, 2.24) is 20.2 Å². The Hall–Kier alpha value is -2.42. The maximum atomic E-state index is 9.26. The molecular weight excluding hydrogens is 240 g/mol. The van der Waals surface area contributed by atoms with Gasteiger partial charge in [0.05, 0.1) is 12.0 Å². The van der Waals surface area contributed by atoms with E-state index in [1.807, 2.05) is 25.8 Å². The van der Waals surface area contributed by atoms with Crippen molar-refractivity contribution in [3.8, 4) is 6.07 Å². The van der Waals surface area contributed by atoms with E-state index in [9.17, 15) is 5.26 Å². The highest BCUT2D eigenvalue weighted by molar-refractivity contribution is 5.57. The quantitative estimate of drug-likeness (QED) is 0.893. The highest BCUT2D eigenvalue weighted by atomic mass is 15.2. The zero-order valence-electron chi connectivity index (χ0n) is 11.3. The third-order valence-electron chi connectivity index (χ3n) is 3.18. The van der Waals surface area contributed by atoms with Gasteiger partial charge >= 0.3 is 0 Å². The first-order valence-electron chi connectivity index (χ1n) is 6.06. The number of aromatic amines is 1. The predicted molar refractivity (Wildman–Crippen MR) is 71.8 cm³/mol. The molecule has 0 fully saturated rings. The van der Waals surface area contributed by atoms with Crippen molar-refractivity contribution in [3.05, 3.63) is 35.0 Å². The molecule has 0 bridgehead atoms. The number of aryl methyl sites for hydroxylation is 1. The topological polar surface area (TPSA) is 81.5 Å². The van der Waals surface area contributed by atoms with Crippen molar-refractivity contribution in [1.29, 1.82) is 5.26 Å². The Bertz CT molecular complexity index is 596. The molecular formula is C13H16N6. The molecule has 2 aromatic heterocycles. The summed E-state index contributed by atoms with van der Waals surface area (Å²) in [5.41, 5.74) is 3.34. The summed E-state index contributed by atoms with van der Waals surface area (Å²) in [7, 11) is 1.91. The first-order valence-corrected chi connectivity index (χ1v) is 6.06. The van der Waals surface area contributed by atoms with Crippen molar-refractivity contribution in [2.75, 3.05) is 18.5 Å². The van der Waals surface area contributed by atoms with Gasteiger partial charge in [0.2, 0.25) is 0 Å². The summed E-state index contributed by atoms with van der Waals surface area (Å²) in [6, 6.07) is 2.21. The van der Waals surface area contributed by atoms with Gasteiger partial charge in [0.25, 0.3) is 0 Å². The maximum absolute atomic E-state index is 9.26. The number of H-pyrrole nitrogens is 1. The lowest BCUT2D eigenvalue weighted by atomic mass is 10.1. The monoisotopic (exact) mass is 256 g/mol. The van der Waals surface area contributed by atoms with Crippen LogP contribution < -0.4 is 4.90 Å². The van der Waals surface area contributed by atoms with Crippen LogP contribution in [0, 0.1) is 25.2 Å². The third-order valence-corrected chi connectivity index (χ3v) is 3.18. The van der Waals surface area contributed by atoms with Crippen molar-refractivity contribution < 1.29 is 0 Å². The number of aromatic nitrogens is 4. The predicted octanol–water partition coefficient (Wildman–Crippen LogP) is 1.37. The SMILES string of the molecule is Cc1nnc(N(C)CCc2cnc[nH]2)c(C#N)c1C. The summed E-state index contributed by atoms with van der Waals surface area (Å²) in [6.07, 6.45) is 4.27. The molecule has 2 aromatic rings. The van der Waals surface area contributed by atoms with Crippen LogP contribution in [0.2, 0.25) is 0 Å². The van der Waals surface area contributed by atoms with Crippen LogP contribution in [0.3, 0.4) is 0 Å². The lowest BCUT2D eigenvalue weighted by Crippen LogP contribution is -2.23. The van der Waals surface area contributed by atoms with E-state index in [2.05, 4.69) is 26.2 Å². The van der Waals surface area contributed by atoms with Gasteiger partial charge in [0.1, 0.15) is 11.6 Å². The van der Waals surface area contributed by atoms with Gasteiger partial charge in [0.15, 0.2) is 5.82 Å². The van der Waals surface area contributed by atoms with Gasteiger partial charge in [-0.3, -0.25) is 0 Å². The molecule has 0 aliphatic carbocycles. The Morgan fingerprint density at radius 3 is 2.79 bits per heavy atom. The molecule has 6 heteroatoms. The maximum Gasteiger partial charge on any atom is 0.169 e. The van der Waals surface area contributed by atoms with Crippen molar-refractivity contribution in [2.24, 2.45) is 0 Å². The number of hydrogen-bond donors (Lipinski definition) is 1. The molecule has 2 heterocycles. The van der Waals surface area contributed by atoms with Crippen LogP contribution in [0.5, 0.6) is 0 Å². The number of nitrogens with one attached hydrogen (secondary N) is 1. The van der Waals surface area contributed by atoms with Gasteiger partial charge in [-0.2, -0.15) is 10.4 Å². The molecule has 0 atom stereocenters. The minimum Gasteiger partial charge on any atom is -0.357 e. The lowest BCUT2D eigenvalue weighted by Gasteiger charge is -2.19. The van der Waals surface area contributed by atoms with Crippen LogP contribution in [0.25, 0.3) is 0 Å². The summed E-state index contributed by atoms with van der Waals surface area (Å²) in [5.74, 6) is 0.630. The molecule has 98 valence electrons. The fourth-order valence-corrected chi connectivity index (χ4v) is 1.81. The van der Waals surface area contributed by atoms with E-state index in [1.54, 1.807) is 12.5 Å². The molecule has 6 nitrogen and oxygen atoms in total. The number of likely N-dealkylation sites (N-methyl/N-ethyl adjacent to an activating group) is 1. The Morgan fingerprint density at radius 2 is 2.16 bits per heavy atom. The van der Waals surface area contributed by atoms with Crippen molar-refractivity contribution >= 4 is 5.82 Å². The van der Waals surface area contributed by atoms with Crippen molar-refractivity contribution in [3.63, 3.8) is 0 Å². The molecule has 0 aliphatic heterocycles. The van der Waals surface area contributed by atoms with E-state index >= 15 is 0 Å². The Balaban J connectivity index is 2.17. The minimum absolute atomic E-state index is 0.597. The normalized spacial score (nSPS) is 10.2. The van der Waals surface area contributed by atoms with Gasteiger partial charge < -0.3 is 9.88 Å². The Morgan fingerprint density at radius 1 is 1.37 bits per heavy atom. The van der Waals surface area contributed by atoms with E-state index in [0.717, 1.165) is 29.9 Å². The second-order valence-corrected chi connectivity index (χ2v) is 4.47. The van der Waals surface area contributed by atoms with Crippen LogP contribution in [0.15, 0.2) is 12.5 Å². The first-order chi connectivity index (χ1) is 9.13. The zero-order valence-corrected chi connectivity index (χ0v) is 11.3. The van der Waals surface area contributed by atoms with Gasteiger partial charge in [-0.1, -0.05) is 0 Å². The average molecular weight is 256 g/mol. The summed E-state index contributed by atoms with van der Waals surface area (Å²) < 4.78 is 0. The van der Waals surface area contributed by atoms with E-state index in [-0.39, 0.29) is 0 Å². The molecule has 0 aromatic carbocycles. The largest absolute Gasteiger partial charge is 0.357 e.